The van der Waals surface area contributed by atoms with Crippen molar-refractivity contribution in [3.8, 4) is 5.75 Å². The standard InChI is InChI=1S/C19H17N3O2/c1-22-13-17(12-21-22)19(23)7-4-15-2-5-18(6-3-15)24-14-16-8-10-20-11-9-16/h2-13H,14H2,1H3/b7-4-. The van der Waals surface area contributed by atoms with Crippen LogP contribution in [0.15, 0.2) is 67.3 Å². The van der Waals surface area contributed by atoms with Crippen LogP contribution in [0.4, 0.5) is 0 Å². The molecule has 0 N–H and O–H groups in total. The third kappa shape index (κ3) is 4.16. The summed E-state index contributed by atoms with van der Waals surface area (Å²) in [7, 11) is 1.78. The normalized spacial score (nSPS) is 10.9. The monoisotopic (exact) mass is 319 g/mol. The van der Waals surface area contributed by atoms with Gasteiger partial charge in [0.1, 0.15) is 12.4 Å². The first-order valence-corrected chi connectivity index (χ1v) is 7.53. The van der Waals surface area contributed by atoms with Crippen LogP contribution in [0.3, 0.4) is 0 Å². The lowest BCUT2D eigenvalue weighted by atomic mass is 10.1. The number of hydrogen-bond acceptors (Lipinski definition) is 4. The number of ketones is 1. The van der Waals surface area contributed by atoms with Gasteiger partial charge in [0.2, 0.25) is 0 Å². The lowest BCUT2D eigenvalue weighted by Gasteiger charge is -2.06. The predicted octanol–water partition coefficient (Wildman–Crippen LogP) is 3.29. The lowest BCUT2D eigenvalue weighted by Crippen LogP contribution is -1.95. The summed E-state index contributed by atoms with van der Waals surface area (Å²) in [5, 5.41) is 3.99. The van der Waals surface area contributed by atoms with Crippen molar-refractivity contribution in [1.29, 1.82) is 0 Å². The van der Waals surface area contributed by atoms with Crippen LogP contribution >= 0.6 is 0 Å². The first-order valence-electron chi connectivity index (χ1n) is 7.53. The Balaban J connectivity index is 1.58. The zero-order valence-corrected chi connectivity index (χ0v) is 13.3. The molecule has 0 aliphatic rings. The SMILES string of the molecule is Cn1cc(C(=O)/C=C\c2ccc(OCc3ccncc3)cc2)cn1. The summed E-state index contributed by atoms with van der Waals surface area (Å²) < 4.78 is 7.32. The van der Waals surface area contributed by atoms with E-state index in [4.69, 9.17) is 4.74 Å². The van der Waals surface area contributed by atoms with Gasteiger partial charge < -0.3 is 4.74 Å². The highest BCUT2D eigenvalue weighted by Crippen LogP contribution is 2.15. The Morgan fingerprint density at radius 2 is 1.92 bits per heavy atom. The number of aromatic nitrogens is 3. The molecule has 1 aromatic carbocycles. The van der Waals surface area contributed by atoms with Crippen molar-refractivity contribution in [3.05, 3.63) is 84.0 Å². The Morgan fingerprint density at radius 1 is 1.17 bits per heavy atom. The van der Waals surface area contributed by atoms with Crippen molar-refractivity contribution in [1.82, 2.24) is 14.8 Å². The number of hydrogen-bond donors (Lipinski definition) is 0. The average Bonchev–Trinajstić information content (AvgIpc) is 3.06. The maximum Gasteiger partial charge on any atom is 0.189 e. The van der Waals surface area contributed by atoms with E-state index in [2.05, 4.69) is 10.1 Å². The molecule has 3 aromatic rings. The zero-order chi connectivity index (χ0) is 16.8. The largest absolute Gasteiger partial charge is 0.489 e. The molecule has 2 heterocycles. The molecule has 0 atom stereocenters. The molecule has 0 radical (unpaired) electrons. The fourth-order valence-corrected chi connectivity index (χ4v) is 2.14. The lowest BCUT2D eigenvalue weighted by molar-refractivity contribution is 0.104. The van der Waals surface area contributed by atoms with Gasteiger partial charge in [0, 0.05) is 25.6 Å². The number of ether oxygens (including phenoxy) is 1. The number of carbonyl (C=O) groups is 1. The molecule has 2 aromatic heterocycles. The van der Waals surface area contributed by atoms with Crippen molar-refractivity contribution in [3.63, 3.8) is 0 Å². The van der Waals surface area contributed by atoms with Crippen LogP contribution in [0, 0.1) is 0 Å². The van der Waals surface area contributed by atoms with Gasteiger partial charge in [-0.25, -0.2) is 0 Å². The molecule has 120 valence electrons. The third-order valence-electron chi connectivity index (χ3n) is 3.45. The van der Waals surface area contributed by atoms with Gasteiger partial charge in [0.15, 0.2) is 5.78 Å². The number of nitrogens with zero attached hydrogens (tertiary/aromatic N) is 3. The van der Waals surface area contributed by atoms with E-state index in [0.717, 1.165) is 16.9 Å². The van der Waals surface area contributed by atoms with Crippen LogP contribution in [0.5, 0.6) is 5.75 Å². The van der Waals surface area contributed by atoms with Crippen LogP contribution in [-0.4, -0.2) is 20.5 Å². The Hall–Kier alpha value is -3.21. The number of rotatable bonds is 6. The molecular formula is C19H17N3O2. The van der Waals surface area contributed by atoms with E-state index in [0.29, 0.717) is 12.2 Å². The van der Waals surface area contributed by atoms with E-state index in [1.807, 2.05) is 36.4 Å². The number of pyridine rings is 1. The zero-order valence-electron chi connectivity index (χ0n) is 13.3. The molecule has 0 spiro atoms. The molecule has 0 bridgehead atoms. The van der Waals surface area contributed by atoms with Crippen molar-refractivity contribution >= 4 is 11.9 Å². The summed E-state index contributed by atoms with van der Waals surface area (Å²) in [6, 6.07) is 11.4. The third-order valence-corrected chi connectivity index (χ3v) is 3.45. The average molecular weight is 319 g/mol. The summed E-state index contributed by atoms with van der Waals surface area (Å²) >= 11 is 0. The second kappa shape index (κ2) is 7.37. The minimum Gasteiger partial charge on any atom is -0.489 e. The predicted molar refractivity (Wildman–Crippen MR) is 91.6 cm³/mol. The number of carbonyl (C=O) groups excluding carboxylic acids is 1. The van der Waals surface area contributed by atoms with Crippen molar-refractivity contribution in [2.24, 2.45) is 7.05 Å². The molecule has 3 rings (SSSR count). The van der Waals surface area contributed by atoms with Crippen LogP contribution in [0.25, 0.3) is 6.08 Å². The summed E-state index contributed by atoms with van der Waals surface area (Å²) in [6.07, 6.45) is 10.1. The fourth-order valence-electron chi connectivity index (χ4n) is 2.14. The Kier molecular flexibility index (Phi) is 4.81. The molecule has 0 amide bonds. The minimum atomic E-state index is -0.0684. The van der Waals surface area contributed by atoms with E-state index < -0.39 is 0 Å². The van der Waals surface area contributed by atoms with Gasteiger partial charge in [-0.2, -0.15) is 5.10 Å². The molecule has 0 unspecified atom stereocenters. The molecule has 0 aliphatic carbocycles. The highest BCUT2D eigenvalue weighted by molar-refractivity contribution is 6.06. The second-order valence-corrected chi connectivity index (χ2v) is 5.31. The van der Waals surface area contributed by atoms with Gasteiger partial charge in [-0.05, 0) is 41.5 Å². The highest BCUT2D eigenvalue weighted by atomic mass is 16.5. The van der Waals surface area contributed by atoms with Gasteiger partial charge in [-0.3, -0.25) is 14.5 Å². The number of benzene rings is 1. The Morgan fingerprint density at radius 3 is 2.58 bits per heavy atom. The molecule has 5 heteroatoms. The van der Waals surface area contributed by atoms with Gasteiger partial charge >= 0.3 is 0 Å². The second-order valence-electron chi connectivity index (χ2n) is 5.31. The van der Waals surface area contributed by atoms with Crippen molar-refractivity contribution in [2.75, 3.05) is 0 Å². The van der Waals surface area contributed by atoms with Gasteiger partial charge in [0.25, 0.3) is 0 Å². The summed E-state index contributed by atoms with van der Waals surface area (Å²) in [5.41, 5.74) is 2.57. The van der Waals surface area contributed by atoms with E-state index in [1.54, 1.807) is 48.7 Å². The number of allylic oxidation sites excluding steroid dienone is 1. The van der Waals surface area contributed by atoms with Gasteiger partial charge in [0.05, 0.1) is 11.8 Å². The van der Waals surface area contributed by atoms with E-state index in [-0.39, 0.29) is 5.78 Å². The van der Waals surface area contributed by atoms with E-state index in [9.17, 15) is 4.79 Å². The molecule has 0 saturated heterocycles. The quantitative estimate of drug-likeness (QED) is 0.517. The van der Waals surface area contributed by atoms with Crippen LogP contribution < -0.4 is 4.74 Å². The van der Waals surface area contributed by atoms with Crippen LogP contribution in [0.1, 0.15) is 21.5 Å². The first-order chi connectivity index (χ1) is 11.7. The summed E-state index contributed by atoms with van der Waals surface area (Å²) in [4.78, 5) is 16.0. The molecule has 0 fully saturated rings. The first kappa shape index (κ1) is 15.7. The molecule has 0 aliphatic heterocycles. The summed E-state index contributed by atoms with van der Waals surface area (Å²) in [6.45, 7) is 0.497. The summed E-state index contributed by atoms with van der Waals surface area (Å²) in [5.74, 6) is 0.712. The smallest absolute Gasteiger partial charge is 0.189 e. The van der Waals surface area contributed by atoms with E-state index >= 15 is 0 Å². The molecule has 0 saturated carbocycles. The Labute approximate surface area is 140 Å². The van der Waals surface area contributed by atoms with E-state index in [1.165, 1.54) is 0 Å². The van der Waals surface area contributed by atoms with Crippen LogP contribution in [-0.2, 0) is 13.7 Å². The fraction of sp³-hybridized carbons (Fsp3) is 0.105. The maximum absolute atomic E-state index is 12.0. The molecule has 24 heavy (non-hydrogen) atoms. The van der Waals surface area contributed by atoms with Crippen molar-refractivity contribution in [2.45, 2.75) is 6.61 Å². The number of aryl methyl sites for hydroxylation is 1. The van der Waals surface area contributed by atoms with Crippen LogP contribution in [0.2, 0.25) is 0 Å². The van der Waals surface area contributed by atoms with Gasteiger partial charge in [-0.15, -0.1) is 0 Å². The highest BCUT2D eigenvalue weighted by Gasteiger charge is 2.03. The molecule has 5 nitrogen and oxygen atoms in total. The minimum absolute atomic E-state index is 0.0684. The van der Waals surface area contributed by atoms with Crippen molar-refractivity contribution < 1.29 is 9.53 Å². The Bertz CT molecular complexity index is 837. The van der Waals surface area contributed by atoms with Gasteiger partial charge in [-0.1, -0.05) is 18.2 Å². The topological polar surface area (TPSA) is 57.0 Å². The molecular weight excluding hydrogens is 302 g/mol. The maximum atomic E-state index is 12.0.